The van der Waals surface area contributed by atoms with Gasteiger partial charge >= 0.3 is 0 Å². The van der Waals surface area contributed by atoms with Crippen LogP contribution in [-0.2, 0) is 14.8 Å². The van der Waals surface area contributed by atoms with Gasteiger partial charge in [0.1, 0.15) is 10.0 Å². The largest absolute Gasteiger partial charge is 0.385 e. The van der Waals surface area contributed by atoms with E-state index in [0.29, 0.717) is 13.2 Å². The summed E-state index contributed by atoms with van der Waals surface area (Å²) < 4.78 is 31.7. The van der Waals surface area contributed by atoms with Gasteiger partial charge in [-0.3, -0.25) is 0 Å². The first-order valence-electron chi connectivity index (χ1n) is 5.87. The van der Waals surface area contributed by atoms with Crippen LogP contribution in [0.15, 0.2) is 23.2 Å². The third-order valence-corrected chi connectivity index (χ3v) is 4.34. The molecule has 1 N–H and O–H groups in total. The Morgan fingerprint density at radius 2 is 2.11 bits per heavy atom. The Kier molecular flexibility index (Phi) is 5.73. The van der Waals surface area contributed by atoms with Crippen LogP contribution in [0.5, 0.6) is 0 Å². The Balaban J connectivity index is 2.68. The second-order valence-electron chi connectivity index (χ2n) is 5.05. The fourth-order valence-electron chi connectivity index (χ4n) is 1.36. The van der Waals surface area contributed by atoms with Crippen LogP contribution >= 0.6 is 11.6 Å². The number of hydrogen-bond acceptors (Lipinski definition) is 4. The number of ether oxygens (including phenoxy) is 1. The lowest BCUT2D eigenvalue weighted by molar-refractivity contribution is 0.153. The third-order valence-electron chi connectivity index (χ3n) is 2.73. The van der Waals surface area contributed by atoms with E-state index in [4.69, 9.17) is 16.3 Å². The minimum absolute atomic E-state index is 0.111. The van der Waals surface area contributed by atoms with Crippen LogP contribution in [0.3, 0.4) is 0 Å². The molecule has 0 aliphatic carbocycles. The fourth-order valence-corrected chi connectivity index (χ4v) is 2.66. The second kappa shape index (κ2) is 6.65. The molecule has 0 radical (unpaired) electrons. The smallest absolute Gasteiger partial charge is 0.242 e. The van der Waals surface area contributed by atoms with Crippen molar-refractivity contribution in [2.24, 2.45) is 5.41 Å². The lowest BCUT2D eigenvalue weighted by Gasteiger charge is -2.24. The molecule has 0 unspecified atom stereocenters. The molecule has 7 heteroatoms. The molecule has 0 bridgehead atoms. The molecule has 0 spiro atoms. The molecule has 0 saturated carbocycles. The van der Waals surface area contributed by atoms with Crippen LogP contribution in [0, 0.1) is 5.41 Å². The third kappa shape index (κ3) is 5.44. The molecular weight excluding hydrogens is 288 g/mol. The summed E-state index contributed by atoms with van der Waals surface area (Å²) in [5, 5.41) is 0.263. The molecule has 108 valence electrons. The number of hydrogen-bond donors (Lipinski definition) is 1. The van der Waals surface area contributed by atoms with Crippen LogP contribution in [0.25, 0.3) is 0 Å². The number of nitrogens with zero attached hydrogens (tertiary/aromatic N) is 1. The monoisotopic (exact) mass is 306 g/mol. The lowest BCUT2D eigenvalue weighted by Crippen LogP contribution is -2.34. The van der Waals surface area contributed by atoms with Gasteiger partial charge < -0.3 is 4.74 Å². The normalized spacial score (nSPS) is 12.6. The van der Waals surface area contributed by atoms with Crippen molar-refractivity contribution in [3.63, 3.8) is 0 Å². The van der Waals surface area contributed by atoms with Gasteiger partial charge in [-0.15, -0.1) is 0 Å². The first-order chi connectivity index (χ1) is 8.77. The maximum atomic E-state index is 12.0. The van der Waals surface area contributed by atoms with Crippen molar-refractivity contribution in [3.8, 4) is 0 Å². The van der Waals surface area contributed by atoms with Crippen molar-refractivity contribution in [1.82, 2.24) is 9.71 Å². The van der Waals surface area contributed by atoms with Crippen molar-refractivity contribution < 1.29 is 13.2 Å². The summed E-state index contributed by atoms with van der Waals surface area (Å²) in [7, 11) is -1.92. The van der Waals surface area contributed by atoms with Gasteiger partial charge in [0.05, 0.1) is 0 Å². The molecule has 5 nitrogen and oxygen atoms in total. The summed E-state index contributed by atoms with van der Waals surface area (Å²) in [6, 6.07) is 2.88. The molecule has 0 atom stereocenters. The molecule has 1 aromatic rings. The number of pyridine rings is 1. The Hall–Kier alpha value is -0.690. The zero-order chi connectivity index (χ0) is 14.5. The Bertz CT molecular complexity index is 500. The van der Waals surface area contributed by atoms with Gasteiger partial charge in [-0.25, -0.2) is 18.1 Å². The van der Waals surface area contributed by atoms with Gasteiger partial charge in [0.25, 0.3) is 0 Å². The summed E-state index contributed by atoms with van der Waals surface area (Å²) in [5.74, 6) is 0. The van der Waals surface area contributed by atoms with E-state index in [0.717, 1.165) is 6.42 Å². The number of methoxy groups -OCH3 is 1. The summed E-state index contributed by atoms with van der Waals surface area (Å²) in [5.41, 5.74) is -0.178. The van der Waals surface area contributed by atoms with E-state index >= 15 is 0 Å². The number of sulfonamides is 1. The molecule has 0 saturated heterocycles. The summed E-state index contributed by atoms with van der Waals surface area (Å²) in [4.78, 5) is 3.88. The predicted octanol–water partition coefficient (Wildman–Crippen LogP) is 2.08. The number of aromatic nitrogens is 1. The number of halogens is 1. The first kappa shape index (κ1) is 16.4. The van der Waals surface area contributed by atoms with Crippen LogP contribution in [0.4, 0.5) is 0 Å². The summed E-state index contributed by atoms with van der Waals surface area (Å²) in [6.45, 7) is 4.89. The highest BCUT2D eigenvalue weighted by atomic mass is 35.5. The van der Waals surface area contributed by atoms with Crippen molar-refractivity contribution in [3.05, 3.63) is 23.5 Å². The maximum Gasteiger partial charge on any atom is 0.242 e. The molecule has 19 heavy (non-hydrogen) atoms. The van der Waals surface area contributed by atoms with Gasteiger partial charge in [-0.05, 0) is 24.0 Å². The minimum Gasteiger partial charge on any atom is -0.385 e. The standard InChI is InChI=1S/C12H19ClN2O3S/c1-12(2,6-7-18-3)9-15-19(16,17)10-4-5-11(13)14-8-10/h4-5,8,15H,6-7,9H2,1-3H3. The molecule has 1 heterocycles. The fraction of sp³-hybridized carbons (Fsp3) is 0.583. The average molecular weight is 307 g/mol. The summed E-state index contributed by atoms with van der Waals surface area (Å²) >= 11 is 5.63. The lowest BCUT2D eigenvalue weighted by atomic mass is 9.90. The Morgan fingerprint density at radius 1 is 1.42 bits per heavy atom. The van der Waals surface area contributed by atoms with E-state index < -0.39 is 10.0 Å². The highest BCUT2D eigenvalue weighted by molar-refractivity contribution is 7.89. The van der Waals surface area contributed by atoms with Crippen LogP contribution in [-0.4, -0.2) is 33.7 Å². The van der Waals surface area contributed by atoms with Gasteiger partial charge in [0.2, 0.25) is 10.0 Å². The molecule has 0 aromatic carbocycles. The topological polar surface area (TPSA) is 68.3 Å². The van der Waals surface area contributed by atoms with Crippen molar-refractivity contribution in [2.75, 3.05) is 20.3 Å². The van der Waals surface area contributed by atoms with Crippen LogP contribution in [0.1, 0.15) is 20.3 Å². The van der Waals surface area contributed by atoms with E-state index in [1.54, 1.807) is 7.11 Å². The van der Waals surface area contributed by atoms with E-state index in [1.807, 2.05) is 13.8 Å². The Morgan fingerprint density at radius 3 is 2.63 bits per heavy atom. The zero-order valence-electron chi connectivity index (χ0n) is 11.3. The number of nitrogens with one attached hydrogen (secondary N) is 1. The number of rotatable bonds is 7. The average Bonchev–Trinajstić information content (AvgIpc) is 2.35. The van der Waals surface area contributed by atoms with Crippen LogP contribution in [0.2, 0.25) is 5.15 Å². The van der Waals surface area contributed by atoms with Crippen molar-refractivity contribution in [2.45, 2.75) is 25.2 Å². The molecule has 0 amide bonds. The van der Waals surface area contributed by atoms with Gasteiger partial charge in [0.15, 0.2) is 0 Å². The highest BCUT2D eigenvalue weighted by Crippen LogP contribution is 2.20. The summed E-state index contributed by atoms with van der Waals surface area (Å²) in [6.07, 6.45) is 2.01. The SMILES string of the molecule is COCCC(C)(C)CNS(=O)(=O)c1ccc(Cl)nc1. The van der Waals surface area contributed by atoms with Gasteiger partial charge in [-0.2, -0.15) is 0 Å². The van der Waals surface area contributed by atoms with Gasteiger partial charge in [0, 0.05) is 26.5 Å². The first-order valence-corrected chi connectivity index (χ1v) is 7.73. The van der Waals surface area contributed by atoms with E-state index in [9.17, 15) is 8.42 Å². The maximum absolute atomic E-state index is 12.0. The van der Waals surface area contributed by atoms with Crippen molar-refractivity contribution in [1.29, 1.82) is 0 Å². The van der Waals surface area contributed by atoms with E-state index in [1.165, 1.54) is 18.3 Å². The molecule has 0 fully saturated rings. The molecular formula is C12H19ClN2O3S. The zero-order valence-corrected chi connectivity index (χ0v) is 12.9. The van der Waals surface area contributed by atoms with E-state index in [2.05, 4.69) is 9.71 Å². The quantitative estimate of drug-likeness (QED) is 0.783. The van der Waals surface area contributed by atoms with Crippen LogP contribution < -0.4 is 4.72 Å². The molecule has 0 aliphatic rings. The molecule has 1 rings (SSSR count). The highest BCUT2D eigenvalue weighted by Gasteiger charge is 2.22. The Labute approximate surface area is 119 Å². The molecule has 0 aliphatic heterocycles. The minimum atomic E-state index is -3.55. The second-order valence-corrected chi connectivity index (χ2v) is 7.20. The van der Waals surface area contributed by atoms with Gasteiger partial charge in [-0.1, -0.05) is 25.4 Å². The predicted molar refractivity (Wildman–Crippen MR) is 74.7 cm³/mol. The molecule has 1 aromatic heterocycles. The van der Waals surface area contributed by atoms with Crippen molar-refractivity contribution >= 4 is 21.6 Å². The van der Waals surface area contributed by atoms with E-state index in [-0.39, 0.29) is 15.5 Å².